The van der Waals surface area contributed by atoms with Gasteiger partial charge in [0.1, 0.15) is 17.2 Å². The molecule has 0 spiro atoms. The van der Waals surface area contributed by atoms with E-state index in [0.29, 0.717) is 6.54 Å². The minimum atomic E-state index is -0.321. The van der Waals surface area contributed by atoms with E-state index in [4.69, 9.17) is 0 Å². The average molecular weight is 367 g/mol. The van der Waals surface area contributed by atoms with Gasteiger partial charge in [0, 0.05) is 31.9 Å². The van der Waals surface area contributed by atoms with Gasteiger partial charge < -0.3 is 15.5 Å². The molecule has 0 saturated carbocycles. The van der Waals surface area contributed by atoms with E-state index in [0.717, 1.165) is 24.5 Å². The van der Waals surface area contributed by atoms with Crippen molar-refractivity contribution >= 4 is 17.6 Å². The van der Waals surface area contributed by atoms with Crippen molar-refractivity contribution < 1.29 is 9.59 Å². The van der Waals surface area contributed by atoms with Gasteiger partial charge in [0.25, 0.3) is 11.8 Å². The lowest BCUT2D eigenvalue weighted by molar-refractivity contribution is 0.0936. The number of nitrogens with one attached hydrogen (secondary N) is 2. The van der Waals surface area contributed by atoms with Crippen LogP contribution in [0, 0.1) is 0 Å². The van der Waals surface area contributed by atoms with Crippen molar-refractivity contribution in [2.24, 2.45) is 0 Å². The molecule has 0 radical (unpaired) electrons. The zero-order chi connectivity index (χ0) is 19.2. The smallest absolute Gasteiger partial charge is 0.270 e. The Bertz CT molecular complexity index is 798. The Labute approximate surface area is 159 Å². The Morgan fingerprint density at radius 1 is 1.07 bits per heavy atom. The van der Waals surface area contributed by atoms with Crippen LogP contribution in [0.3, 0.4) is 0 Å². The Balaban J connectivity index is 1.58. The fourth-order valence-electron chi connectivity index (χ4n) is 2.95. The quantitative estimate of drug-likeness (QED) is 0.817. The third kappa shape index (κ3) is 5.03. The molecular weight excluding hydrogens is 342 g/mol. The van der Waals surface area contributed by atoms with E-state index in [1.54, 1.807) is 24.4 Å². The Morgan fingerprint density at radius 3 is 2.41 bits per heavy atom. The van der Waals surface area contributed by atoms with Gasteiger partial charge in [-0.15, -0.1) is 0 Å². The monoisotopic (exact) mass is 367 g/mol. The standard InChI is InChI=1S/C20H25N5O2/c1-14(2)23-20(27)17-7-5-6-16(24-17)19(26)22-13-15-8-9-18(21-12-15)25-10-3-4-11-25/h5-9,12,14H,3-4,10-11,13H2,1-2H3,(H,22,26)(H,23,27). The summed E-state index contributed by atoms with van der Waals surface area (Å²) in [6.07, 6.45) is 4.20. The van der Waals surface area contributed by atoms with Gasteiger partial charge in [-0.3, -0.25) is 9.59 Å². The molecule has 0 aliphatic carbocycles. The lowest BCUT2D eigenvalue weighted by Gasteiger charge is -2.16. The van der Waals surface area contributed by atoms with E-state index in [1.807, 2.05) is 26.0 Å². The molecule has 2 amide bonds. The Hall–Kier alpha value is -2.96. The number of amides is 2. The van der Waals surface area contributed by atoms with Crippen molar-refractivity contribution in [3.63, 3.8) is 0 Å². The SMILES string of the molecule is CC(C)NC(=O)c1cccc(C(=O)NCc2ccc(N3CCCC3)nc2)n1. The van der Waals surface area contributed by atoms with Crippen LogP contribution in [-0.2, 0) is 6.54 Å². The highest BCUT2D eigenvalue weighted by molar-refractivity contribution is 5.96. The van der Waals surface area contributed by atoms with Crippen LogP contribution in [0.4, 0.5) is 5.82 Å². The van der Waals surface area contributed by atoms with Gasteiger partial charge in [-0.2, -0.15) is 0 Å². The number of nitrogens with zero attached hydrogens (tertiary/aromatic N) is 3. The van der Waals surface area contributed by atoms with Crippen LogP contribution in [0.2, 0.25) is 0 Å². The minimum absolute atomic E-state index is 0.00723. The summed E-state index contributed by atoms with van der Waals surface area (Å²) in [4.78, 5) is 35.3. The largest absolute Gasteiger partial charge is 0.357 e. The van der Waals surface area contributed by atoms with Crippen LogP contribution in [0.5, 0.6) is 0 Å². The molecule has 3 heterocycles. The van der Waals surface area contributed by atoms with Gasteiger partial charge in [0.15, 0.2) is 0 Å². The summed E-state index contributed by atoms with van der Waals surface area (Å²) in [5, 5.41) is 5.59. The van der Waals surface area contributed by atoms with E-state index in [9.17, 15) is 9.59 Å². The first kappa shape index (κ1) is 18.8. The first-order valence-electron chi connectivity index (χ1n) is 9.29. The molecule has 1 aliphatic rings. The predicted octanol–water partition coefficient (Wildman–Crippen LogP) is 2.15. The molecule has 7 heteroatoms. The second-order valence-electron chi connectivity index (χ2n) is 6.94. The lowest BCUT2D eigenvalue weighted by Crippen LogP contribution is -2.31. The number of pyridine rings is 2. The third-order valence-corrected chi connectivity index (χ3v) is 4.33. The van der Waals surface area contributed by atoms with Crippen LogP contribution in [0.25, 0.3) is 0 Å². The highest BCUT2D eigenvalue weighted by Crippen LogP contribution is 2.17. The number of carbonyl (C=O) groups is 2. The lowest BCUT2D eigenvalue weighted by atomic mass is 10.2. The number of aromatic nitrogens is 2. The number of carbonyl (C=O) groups excluding carboxylic acids is 2. The van der Waals surface area contributed by atoms with Crippen LogP contribution in [-0.4, -0.2) is 40.9 Å². The molecule has 7 nitrogen and oxygen atoms in total. The third-order valence-electron chi connectivity index (χ3n) is 4.33. The molecule has 0 unspecified atom stereocenters. The molecule has 1 saturated heterocycles. The predicted molar refractivity (Wildman–Crippen MR) is 104 cm³/mol. The van der Waals surface area contributed by atoms with E-state index >= 15 is 0 Å². The molecule has 2 aromatic heterocycles. The van der Waals surface area contributed by atoms with Crippen molar-refractivity contribution in [2.75, 3.05) is 18.0 Å². The molecule has 142 valence electrons. The molecule has 3 rings (SSSR count). The Morgan fingerprint density at radius 2 is 1.78 bits per heavy atom. The maximum absolute atomic E-state index is 12.4. The summed E-state index contributed by atoms with van der Waals surface area (Å²) in [6, 6.07) is 8.81. The van der Waals surface area contributed by atoms with Crippen molar-refractivity contribution in [3.8, 4) is 0 Å². The average Bonchev–Trinajstić information content (AvgIpc) is 3.21. The van der Waals surface area contributed by atoms with Gasteiger partial charge in [0.2, 0.25) is 0 Å². The topological polar surface area (TPSA) is 87.2 Å². The maximum atomic E-state index is 12.4. The molecule has 2 aromatic rings. The van der Waals surface area contributed by atoms with E-state index in [2.05, 4.69) is 25.5 Å². The zero-order valence-electron chi connectivity index (χ0n) is 15.7. The molecule has 0 aromatic carbocycles. The molecule has 1 fully saturated rings. The summed E-state index contributed by atoms with van der Waals surface area (Å²) in [5.74, 6) is 0.368. The molecular formula is C20H25N5O2. The van der Waals surface area contributed by atoms with Crippen LogP contribution < -0.4 is 15.5 Å². The second-order valence-corrected chi connectivity index (χ2v) is 6.94. The fraction of sp³-hybridized carbons (Fsp3) is 0.400. The Kier molecular flexibility index (Phi) is 6.01. The highest BCUT2D eigenvalue weighted by atomic mass is 16.2. The number of rotatable bonds is 6. The number of anilines is 1. The van der Waals surface area contributed by atoms with Gasteiger partial charge in [-0.25, -0.2) is 9.97 Å². The van der Waals surface area contributed by atoms with Crippen molar-refractivity contribution in [1.82, 2.24) is 20.6 Å². The number of hydrogen-bond acceptors (Lipinski definition) is 5. The number of hydrogen-bond donors (Lipinski definition) is 2. The van der Waals surface area contributed by atoms with Gasteiger partial charge in [-0.05, 0) is 50.5 Å². The van der Waals surface area contributed by atoms with Gasteiger partial charge in [-0.1, -0.05) is 12.1 Å². The molecule has 1 aliphatic heterocycles. The molecule has 2 N–H and O–H groups in total. The molecule has 0 bridgehead atoms. The van der Waals surface area contributed by atoms with Crippen molar-refractivity contribution in [1.29, 1.82) is 0 Å². The van der Waals surface area contributed by atoms with Crippen LogP contribution >= 0.6 is 0 Å². The van der Waals surface area contributed by atoms with Crippen molar-refractivity contribution in [2.45, 2.75) is 39.3 Å². The summed E-state index contributed by atoms with van der Waals surface area (Å²) in [6.45, 7) is 6.20. The van der Waals surface area contributed by atoms with Gasteiger partial charge in [0.05, 0.1) is 0 Å². The second kappa shape index (κ2) is 8.62. The highest BCUT2D eigenvalue weighted by Gasteiger charge is 2.14. The molecule has 27 heavy (non-hydrogen) atoms. The van der Waals surface area contributed by atoms with E-state index in [-0.39, 0.29) is 29.2 Å². The first-order valence-corrected chi connectivity index (χ1v) is 9.29. The maximum Gasteiger partial charge on any atom is 0.270 e. The normalized spacial score (nSPS) is 13.7. The summed E-state index contributed by atoms with van der Waals surface area (Å²) in [5.41, 5.74) is 1.36. The van der Waals surface area contributed by atoms with Gasteiger partial charge >= 0.3 is 0 Å². The summed E-state index contributed by atoms with van der Waals surface area (Å²) < 4.78 is 0. The zero-order valence-corrected chi connectivity index (χ0v) is 15.7. The van der Waals surface area contributed by atoms with Crippen LogP contribution in [0.15, 0.2) is 36.5 Å². The van der Waals surface area contributed by atoms with Crippen molar-refractivity contribution in [3.05, 3.63) is 53.5 Å². The van der Waals surface area contributed by atoms with Crippen LogP contribution in [0.1, 0.15) is 53.2 Å². The fourth-order valence-corrected chi connectivity index (χ4v) is 2.95. The summed E-state index contributed by atoms with van der Waals surface area (Å²) >= 11 is 0. The molecule has 0 atom stereocenters. The first-order chi connectivity index (χ1) is 13.0. The van der Waals surface area contributed by atoms with E-state index < -0.39 is 0 Å². The minimum Gasteiger partial charge on any atom is -0.357 e. The summed E-state index contributed by atoms with van der Waals surface area (Å²) in [7, 11) is 0. The van der Waals surface area contributed by atoms with E-state index in [1.165, 1.54) is 12.8 Å².